The number of fused-ring (bicyclic) bond motifs is 2. The second-order valence-electron chi connectivity index (χ2n) is 5.54. The summed E-state index contributed by atoms with van der Waals surface area (Å²) >= 11 is 0. The molecule has 0 saturated heterocycles. The molecule has 4 nitrogen and oxygen atoms in total. The number of phenols is 1. The van der Waals surface area contributed by atoms with E-state index in [4.69, 9.17) is 0 Å². The van der Waals surface area contributed by atoms with Crippen molar-refractivity contribution in [2.45, 2.75) is 0 Å². The van der Waals surface area contributed by atoms with Crippen LogP contribution in [0.25, 0.3) is 0 Å². The molecule has 0 unspecified atom stereocenters. The first-order valence-electron chi connectivity index (χ1n) is 7.60. The SMILES string of the molecule is O=C1c2ccccc2NN=C(c2cccc(O)c2)c2ccccc21. The summed E-state index contributed by atoms with van der Waals surface area (Å²) in [5.41, 5.74) is 6.91. The predicted octanol–water partition coefficient (Wildman–Crippen LogP) is 3.80. The number of nitrogens with one attached hydrogen (secondary N) is 1. The maximum atomic E-state index is 13.0. The Morgan fingerprint density at radius 3 is 2.29 bits per heavy atom. The first-order chi connectivity index (χ1) is 11.7. The zero-order chi connectivity index (χ0) is 16.5. The predicted molar refractivity (Wildman–Crippen MR) is 93.7 cm³/mol. The normalized spacial score (nSPS) is 13.0. The van der Waals surface area contributed by atoms with Gasteiger partial charge in [0.25, 0.3) is 0 Å². The molecular formula is C20H14N2O2. The minimum atomic E-state index is -0.0544. The molecule has 4 rings (SSSR count). The van der Waals surface area contributed by atoms with Crippen molar-refractivity contribution in [3.8, 4) is 5.75 Å². The molecule has 1 aliphatic heterocycles. The fourth-order valence-electron chi connectivity index (χ4n) is 2.86. The van der Waals surface area contributed by atoms with E-state index in [0.717, 1.165) is 11.1 Å². The number of nitrogens with zero attached hydrogens (tertiary/aromatic N) is 1. The van der Waals surface area contributed by atoms with Crippen LogP contribution in [-0.2, 0) is 0 Å². The molecule has 0 spiro atoms. The van der Waals surface area contributed by atoms with Crippen molar-refractivity contribution in [2.75, 3.05) is 5.43 Å². The van der Waals surface area contributed by atoms with Crippen molar-refractivity contribution in [3.05, 3.63) is 95.1 Å². The van der Waals surface area contributed by atoms with Gasteiger partial charge in [0.15, 0.2) is 5.78 Å². The van der Waals surface area contributed by atoms with Crippen LogP contribution in [0.4, 0.5) is 5.69 Å². The van der Waals surface area contributed by atoms with Gasteiger partial charge in [0, 0.05) is 22.3 Å². The van der Waals surface area contributed by atoms with Gasteiger partial charge >= 0.3 is 0 Å². The Balaban J connectivity index is 1.98. The summed E-state index contributed by atoms with van der Waals surface area (Å²) in [5, 5.41) is 14.3. The van der Waals surface area contributed by atoms with Gasteiger partial charge in [-0.15, -0.1) is 0 Å². The molecule has 3 aromatic rings. The maximum Gasteiger partial charge on any atom is 0.195 e. The van der Waals surface area contributed by atoms with Crippen molar-refractivity contribution in [2.24, 2.45) is 5.10 Å². The molecule has 1 heterocycles. The minimum Gasteiger partial charge on any atom is -0.508 e. The number of phenolic OH excluding ortho intramolecular Hbond substituents is 1. The van der Waals surface area contributed by atoms with Crippen LogP contribution in [0.2, 0.25) is 0 Å². The number of benzene rings is 3. The van der Waals surface area contributed by atoms with Gasteiger partial charge in [0.2, 0.25) is 0 Å². The molecule has 2 N–H and O–H groups in total. The van der Waals surface area contributed by atoms with E-state index >= 15 is 0 Å². The lowest BCUT2D eigenvalue weighted by Gasteiger charge is -2.17. The largest absolute Gasteiger partial charge is 0.508 e. The zero-order valence-corrected chi connectivity index (χ0v) is 12.7. The van der Waals surface area contributed by atoms with Crippen molar-refractivity contribution < 1.29 is 9.90 Å². The van der Waals surface area contributed by atoms with E-state index in [2.05, 4.69) is 10.5 Å². The molecule has 0 atom stereocenters. The van der Waals surface area contributed by atoms with Gasteiger partial charge in [-0.1, -0.05) is 48.5 Å². The Hall–Kier alpha value is -3.40. The Morgan fingerprint density at radius 2 is 1.50 bits per heavy atom. The number of anilines is 1. The Labute approximate surface area is 139 Å². The number of hydrazone groups is 1. The van der Waals surface area contributed by atoms with Gasteiger partial charge in [-0.3, -0.25) is 10.2 Å². The van der Waals surface area contributed by atoms with Gasteiger partial charge in [-0.05, 0) is 24.3 Å². The van der Waals surface area contributed by atoms with Gasteiger partial charge in [0.1, 0.15) is 5.75 Å². The van der Waals surface area contributed by atoms with Gasteiger partial charge in [0.05, 0.1) is 11.4 Å². The van der Waals surface area contributed by atoms with Crippen molar-refractivity contribution in [1.82, 2.24) is 0 Å². The van der Waals surface area contributed by atoms with Crippen molar-refractivity contribution in [1.29, 1.82) is 0 Å². The lowest BCUT2D eigenvalue weighted by atomic mass is 9.91. The third-order valence-corrected chi connectivity index (χ3v) is 4.01. The number of hydrogen-bond acceptors (Lipinski definition) is 4. The van der Waals surface area contributed by atoms with Crippen LogP contribution in [0.15, 0.2) is 77.9 Å². The molecule has 1 aliphatic rings. The fraction of sp³-hybridized carbons (Fsp3) is 0. The Bertz CT molecular complexity index is 977. The van der Waals surface area contributed by atoms with Gasteiger partial charge in [-0.25, -0.2) is 0 Å². The molecule has 4 heteroatoms. The van der Waals surface area contributed by atoms with Crippen LogP contribution < -0.4 is 5.43 Å². The summed E-state index contributed by atoms with van der Waals surface area (Å²) in [6.45, 7) is 0. The van der Waals surface area contributed by atoms with Crippen LogP contribution in [0, 0.1) is 0 Å². The molecule has 0 radical (unpaired) electrons. The summed E-state index contributed by atoms with van der Waals surface area (Å²) in [4.78, 5) is 13.0. The quantitative estimate of drug-likeness (QED) is 0.718. The molecule has 0 aromatic heterocycles. The lowest BCUT2D eigenvalue weighted by molar-refractivity contribution is 0.103. The second-order valence-corrected chi connectivity index (χ2v) is 5.54. The zero-order valence-electron chi connectivity index (χ0n) is 12.7. The van der Waals surface area contributed by atoms with E-state index in [9.17, 15) is 9.90 Å². The van der Waals surface area contributed by atoms with Gasteiger partial charge in [-0.2, -0.15) is 5.10 Å². The van der Waals surface area contributed by atoms with E-state index in [1.165, 1.54) is 0 Å². The maximum absolute atomic E-state index is 13.0. The fourth-order valence-corrected chi connectivity index (χ4v) is 2.86. The molecule has 0 aliphatic carbocycles. The highest BCUT2D eigenvalue weighted by molar-refractivity contribution is 6.23. The number of para-hydroxylation sites is 1. The van der Waals surface area contributed by atoms with Crippen molar-refractivity contribution in [3.63, 3.8) is 0 Å². The summed E-state index contributed by atoms with van der Waals surface area (Å²) < 4.78 is 0. The third kappa shape index (κ3) is 2.34. The molecular weight excluding hydrogens is 300 g/mol. The highest BCUT2D eigenvalue weighted by Crippen LogP contribution is 2.26. The molecule has 0 amide bonds. The van der Waals surface area contributed by atoms with Crippen LogP contribution in [0.3, 0.4) is 0 Å². The molecule has 24 heavy (non-hydrogen) atoms. The lowest BCUT2D eigenvalue weighted by Crippen LogP contribution is -2.17. The number of rotatable bonds is 1. The summed E-state index contributed by atoms with van der Waals surface area (Å²) in [5.74, 6) is 0.0997. The number of hydrogen-bond donors (Lipinski definition) is 2. The highest BCUT2D eigenvalue weighted by atomic mass is 16.3. The van der Waals surface area contributed by atoms with E-state index in [1.54, 1.807) is 30.3 Å². The van der Waals surface area contributed by atoms with Crippen LogP contribution >= 0.6 is 0 Å². The summed E-state index contributed by atoms with van der Waals surface area (Å²) in [6.07, 6.45) is 0. The van der Waals surface area contributed by atoms with E-state index in [-0.39, 0.29) is 11.5 Å². The van der Waals surface area contributed by atoms with Crippen LogP contribution in [0.5, 0.6) is 5.75 Å². The molecule has 116 valence electrons. The Kier molecular flexibility index (Phi) is 3.35. The first-order valence-corrected chi connectivity index (χ1v) is 7.60. The monoisotopic (exact) mass is 314 g/mol. The first kappa shape index (κ1) is 14.2. The summed E-state index contributed by atoms with van der Waals surface area (Å²) in [7, 11) is 0. The number of carbonyl (C=O) groups excluding carboxylic acids is 1. The third-order valence-electron chi connectivity index (χ3n) is 4.01. The average molecular weight is 314 g/mol. The number of ketones is 1. The van der Waals surface area contributed by atoms with E-state index in [1.807, 2.05) is 42.5 Å². The average Bonchev–Trinajstić information content (AvgIpc) is 2.61. The standard InChI is InChI=1S/C20H14N2O2/c23-14-7-5-6-13(12-14)19-15-8-1-2-9-16(15)20(24)17-10-3-4-11-18(17)21-22-19/h1-12,21,23H. The molecule has 3 aromatic carbocycles. The minimum absolute atomic E-state index is 0.0544. The van der Waals surface area contributed by atoms with E-state index in [0.29, 0.717) is 22.5 Å². The second kappa shape index (κ2) is 5.66. The van der Waals surface area contributed by atoms with Crippen molar-refractivity contribution >= 4 is 17.2 Å². The van der Waals surface area contributed by atoms with Gasteiger partial charge < -0.3 is 5.11 Å². The molecule has 0 bridgehead atoms. The highest BCUT2D eigenvalue weighted by Gasteiger charge is 2.22. The Morgan fingerprint density at radius 1 is 0.792 bits per heavy atom. The number of aromatic hydroxyl groups is 1. The molecule has 0 fully saturated rings. The topological polar surface area (TPSA) is 61.7 Å². The van der Waals surface area contributed by atoms with Crippen LogP contribution in [0.1, 0.15) is 27.0 Å². The van der Waals surface area contributed by atoms with E-state index < -0.39 is 0 Å². The number of carbonyl (C=O) groups is 1. The summed E-state index contributed by atoms with van der Waals surface area (Å²) in [6, 6.07) is 21.5. The molecule has 0 saturated carbocycles. The van der Waals surface area contributed by atoms with Crippen LogP contribution in [-0.4, -0.2) is 16.6 Å². The smallest absolute Gasteiger partial charge is 0.195 e.